The number of hydrogen-bond acceptors (Lipinski definition) is 3. The van der Waals surface area contributed by atoms with E-state index in [1.54, 1.807) is 0 Å². The molecule has 1 heterocycles. The van der Waals surface area contributed by atoms with Gasteiger partial charge in [0.2, 0.25) is 5.91 Å². The van der Waals surface area contributed by atoms with Crippen LogP contribution in [0, 0.1) is 5.82 Å². The second-order valence-corrected chi connectivity index (χ2v) is 3.78. The zero-order valence-corrected chi connectivity index (χ0v) is 9.40. The Morgan fingerprint density at radius 2 is 2.24 bits per heavy atom. The van der Waals surface area contributed by atoms with Crippen LogP contribution in [0.5, 0.6) is 0 Å². The van der Waals surface area contributed by atoms with Gasteiger partial charge in [-0.3, -0.25) is 4.79 Å². The smallest absolute Gasteiger partial charge is 0.340 e. The molecule has 1 amide bonds. The molecule has 0 spiro atoms. The van der Waals surface area contributed by atoms with Gasteiger partial charge in [-0.2, -0.15) is 0 Å². The molecule has 1 aromatic rings. The minimum atomic E-state index is -0.740. The molecule has 1 aliphatic heterocycles. The van der Waals surface area contributed by atoms with Crippen molar-refractivity contribution < 1.29 is 18.7 Å². The second kappa shape index (κ2) is 4.53. The fraction of sp³-hybridized carbons (Fsp3) is 0.333. The van der Waals surface area contributed by atoms with Gasteiger partial charge in [0.05, 0.1) is 18.4 Å². The molecular formula is C12H12FNO3. The SMILES string of the molecule is COC(=O)c1cccc(N2CCCC2=O)c1F. The van der Waals surface area contributed by atoms with E-state index in [0.29, 0.717) is 19.4 Å². The van der Waals surface area contributed by atoms with Gasteiger partial charge in [-0.25, -0.2) is 9.18 Å². The molecule has 0 N–H and O–H groups in total. The van der Waals surface area contributed by atoms with Gasteiger partial charge in [-0.1, -0.05) is 6.07 Å². The summed E-state index contributed by atoms with van der Waals surface area (Å²) in [5.41, 5.74) is 0.0000926. The van der Waals surface area contributed by atoms with Gasteiger partial charge < -0.3 is 9.64 Å². The lowest BCUT2D eigenvalue weighted by molar-refractivity contribution is -0.117. The number of anilines is 1. The number of carbonyl (C=O) groups is 2. The van der Waals surface area contributed by atoms with Crippen LogP contribution in [0.2, 0.25) is 0 Å². The summed E-state index contributed by atoms with van der Waals surface area (Å²) in [5, 5.41) is 0. The molecule has 5 heteroatoms. The van der Waals surface area contributed by atoms with Crippen LogP contribution in [-0.4, -0.2) is 25.5 Å². The minimum Gasteiger partial charge on any atom is -0.465 e. The number of methoxy groups -OCH3 is 1. The van der Waals surface area contributed by atoms with Gasteiger partial charge in [0.1, 0.15) is 0 Å². The monoisotopic (exact) mass is 237 g/mol. The van der Waals surface area contributed by atoms with Gasteiger partial charge >= 0.3 is 5.97 Å². The number of rotatable bonds is 2. The van der Waals surface area contributed by atoms with Crippen LogP contribution >= 0.6 is 0 Å². The molecule has 0 aliphatic carbocycles. The molecule has 0 radical (unpaired) electrons. The number of benzene rings is 1. The van der Waals surface area contributed by atoms with Crippen LogP contribution in [0.1, 0.15) is 23.2 Å². The average Bonchev–Trinajstić information content (AvgIpc) is 2.75. The first-order valence-electron chi connectivity index (χ1n) is 5.32. The number of halogens is 1. The number of ether oxygens (including phenoxy) is 1. The van der Waals surface area contributed by atoms with Crippen LogP contribution in [0.25, 0.3) is 0 Å². The average molecular weight is 237 g/mol. The summed E-state index contributed by atoms with van der Waals surface area (Å²) in [4.78, 5) is 24.2. The number of nitrogens with zero attached hydrogens (tertiary/aromatic N) is 1. The molecular weight excluding hydrogens is 225 g/mol. The van der Waals surface area contributed by atoms with E-state index < -0.39 is 11.8 Å². The van der Waals surface area contributed by atoms with Gasteiger partial charge in [-0.05, 0) is 18.6 Å². The van der Waals surface area contributed by atoms with Crippen LogP contribution < -0.4 is 4.90 Å². The predicted molar refractivity (Wildman–Crippen MR) is 59.3 cm³/mol. The molecule has 1 aromatic carbocycles. The number of hydrogen-bond donors (Lipinski definition) is 0. The summed E-state index contributed by atoms with van der Waals surface area (Å²) in [6.07, 6.45) is 1.13. The van der Waals surface area contributed by atoms with Crippen molar-refractivity contribution in [2.24, 2.45) is 0 Å². The van der Waals surface area contributed by atoms with E-state index in [1.807, 2.05) is 0 Å². The Hall–Kier alpha value is -1.91. The van der Waals surface area contributed by atoms with Gasteiger partial charge in [0.25, 0.3) is 0 Å². The van der Waals surface area contributed by atoms with Crippen molar-refractivity contribution in [3.63, 3.8) is 0 Å². The van der Waals surface area contributed by atoms with Crippen LogP contribution in [0.3, 0.4) is 0 Å². The normalized spacial score (nSPS) is 15.2. The summed E-state index contributed by atoms with van der Waals surface area (Å²) in [6.45, 7) is 0.486. The van der Waals surface area contributed by atoms with Gasteiger partial charge in [-0.15, -0.1) is 0 Å². The van der Waals surface area contributed by atoms with E-state index in [1.165, 1.54) is 30.2 Å². The third-order valence-corrected chi connectivity index (χ3v) is 2.75. The summed E-state index contributed by atoms with van der Waals surface area (Å²) in [7, 11) is 1.19. The fourth-order valence-corrected chi connectivity index (χ4v) is 1.90. The largest absolute Gasteiger partial charge is 0.465 e. The van der Waals surface area contributed by atoms with Crippen molar-refractivity contribution >= 4 is 17.6 Å². The quantitative estimate of drug-likeness (QED) is 0.736. The Labute approximate surface area is 98.0 Å². The molecule has 17 heavy (non-hydrogen) atoms. The summed E-state index contributed by atoms with van der Waals surface area (Å²) >= 11 is 0. The third-order valence-electron chi connectivity index (χ3n) is 2.75. The van der Waals surface area contributed by atoms with Gasteiger partial charge in [0.15, 0.2) is 5.82 Å². The molecule has 0 unspecified atom stereocenters. The fourth-order valence-electron chi connectivity index (χ4n) is 1.90. The summed E-state index contributed by atoms with van der Waals surface area (Å²) < 4.78 is 18.5. The predicted octanol–water partition coefficient (Wildman–Crippen LogP) is 1.74. The zero-order valence-electron chi connectivity index (χ0n) is 9.40. The maximum absolute atomic E-state index is 14.0. The third kappa shape index (κ3) is 2.00. The topological polar surface area (TPSA) is 46.6 Å². The molecule has 1 saturated heterocycles. The van der Waals surface area contributed by atoms with Crippen LogP contribution in [0.15, 0.2) is 18.2 Å². The number of amides is 1. The summed E-state index contributed by atoms with van der Waals surface area (Å²) in [6, 6.07) is 4.37. The number of esters is 1. The first-order valence-corrected chi connectivity index (χ1v) is 5.32. The highest BCUT2D eigenvalue weighted by molar-refractivity contribution is 5.97. The van der Waals surface area contributed by atoms with E-state index in [0.717, 1.165) is 0 Å². The highest BCUT2D eigenvalue weighted by Gasteiger charge is 2.26. The molecule has 1 fully saturated rings. The van der Waals surface area contributed by atoms with E-state index in [-0.39, 0.29) is 17.2 Å². The molecule has 2 rings (SSSR count). The van der Waals surface area contributed by atoms with E-state index >= 15 is 0 Å². The highest BCUT2D eigenvalue weighted by atomic mass is 19.1. The molecule has 0 aromatic heterocycles. The standard InChI is InChI=1S/C12H12FNO3/c1-17-12(16)8-4-2-5-9(11(8)13)14-7-3-6-10(14)15/h2,4-5H,3,6-7H2,1H3. The molecule has 90 valence electrons. The maximum atomic E-state index is 14.0. The lowest BCUT2D eigenvalue weighted by Crippen LogP contribution is -2.25. The van der Waals surface area contributed by atoms with Crippen molar-refractivity contribution in [1.29, 1.82) is 0 Å². The Balaban J connectivity index is 2.42. The lowest BCUT2D eigenvalue weighted by Gasteiger charge is -2.17. The lowest BCUT2D eigenvalue weighted by atomic mass is 10.1. The molecule has 0 bridgehead atoms. The Bertz CT molecular complexity index is 473. The summed E-state index contributed by atoms with van der Waals surface area (Å²) in [5.74, 6) is -1.56. The van der Waals surface area contributed by atoms with E-state index in [2.05, 4.69) is 4.74 Å². The molecule has 1 aliphatic rings. The van der Waals surface area contributed by atoms with Crippen molar-refractivity contribution in [2.75, 3.05) is 18.6 Å². The van der Waals surface area contributed by atoms with Crippen molar-refractivity contribution in [1.82, 2.24) is 0 Å². The molecule has 4 nitrogen and oxygen atoms in total. The Kier molecular flexibility index (Phi) is 3.08. The van der Waals surface area contributed by atoms with E-state index in [9.17, 15) is 14.0 Å². The molecule has 0 saturated carbocycles. The van der Waals surface area contributed by atoms with Crippen LogP contribution in [-0.2, 0) is 9.53 Å². The zero-order chi connectivity index (χ0) is 12.4. The molecule has 0 atom stereocenters. The highest BCUT2D eigenvalue weighted by Crippen LogP contribution is 2.26. The van der Waals surface area contributed by atoms with Gasteiger partial charge in [0, 0.05) is 13.0 Å². The minimum absolute atomic E-state index is 0.120. The maximum Gasteiger partial charge on any atom is 0.340 e. The van der Waals surface area contributed by atoms with Crippen molar-refractivity contribution in [3.05, 3.63) is 29.6 Å². The van der Waals surface area contributed by atoms with Crippen LogP contribution in [0.4, 0.5) is 10.1 Å². The van der Waals surface area contributed by atoms with Crippen molar-refractivity contribution in [2.45, 2.75) is 12.8 Å². The van der Waals surface area contributed by atoms with E-state index in [4.69, 9.17) is 0 Å². The van der Waals surface area contributed by atoms with Crippen molar-refractivity contribution in [3.8, 4) is 0 Å². The Morgan fingerprint density at radius 1 is 1.47 bits per heavy atom. The first-order chi connectivity index (χ1) is 8.15. The number of carbonyl (C=O) groups excluding carboxylic acids is 2. The second-order valence-electron chi connectivity index (χ2n) is 3.78. The Morgan fingerprint density at radius 3 is 2.82 bits per heavy atom. The first kappa shape index (κ1) is 11.6.